The molecule has 24 heavy (non-hydrogen) atoms. The van der Waals surface area contributed by atoms with Crippen LogP contribution >= 0.6 is 0 Å². The molecule has 1 unspecified atom stereocenters. The number of nitrogens with one attached hydrogen (secondary N) is 1. The Labute approximate surface area is 143 Å². The summed E-state index contributed by atoms with van der Waals surface area (Å²) in [5.74, 6) is 0.000298. The van der Waals surface area contributed by atoms with Crippen LogP contribution in [0.25, 0.3) is 0 Å². The molecule has 2 saturated heterocycles. The van der Waals surface area contributed by atoms with Crippen molar-refractivity contribution in [1.82, 2.24) is 15.1 Å². The van der Waals surface area contributed by atoms with Crippen LogP contribution in [0.2, 0.25) is 0 Å². The molecular formula is C19H25N3O2. The lowest BCUT2D eigenvalue weighted by molar-refractivity contribution is -0.137. The van der Waals surface area contributed by atoms with Crippen LogP contribution in [0.3, 0.4) is 0 Å². The van der Waals surface area contributed by atoms with E-state index >= 15 is 0 Å². The Hall–Kier alpha value is -1.88. The van der Waals surface area contributed by atoms with Gasteiger partial charge in [0.05, 0.1) is 11.5 Å². The van der Waals surface area contributed by atoms with E-state index in [9.17, 15) is 9.59 Å². The third-order valence-corrected chi connectivity index (χ3v) is 5.78. The molecule has 3 aliphatic heterocycles. The summed E-state index contributed by atoms with van der Waals surface area (Å²) in [6, 6.07) is 7.76. The van der Waals surface area contributed by atoms with E-state index in [1.54, 1.807) is 0 Å². The van der Waals surface area contributed by atoms with Gasteiger partial charge in [-0.1, -0.05) is 18.2 Å². The van der Waals surface area contributed by atoms with Crippen LogP contribution in [0, 0.1) is 0 Å². The highest BCUT2D eigenvalue weighted by Gasteiger charge is 2.59. The van der Waals surface area contributed by atoms with Crippen molar-refractivity contribution in [1.29, 1.82) is 0 Å². The molecule has 3 heterocycles. The first kappa shape index (κ1) is 15.6. The quantitative estimate of drug-likeness (QED) is 0.898. The summed E-state index contributed by atoms with van der Waals surface area (Å²) in [6.45, 7) is 7.16. The van der Waals surface area contributed by atoms with Crippen LogP contribution in [0.5, 0.6) is 0 Å². The van der Waals surface area contributed by atoms with Gasteiger partial charge < -0.3 is 15.1 Å². The van der Waals surface area contributed by atoms with Crippen molar-refractivity contribution < 1.29 is 9.59 Å². The van der Waals surface area contributed by atoms with E-state index in [1.165, 1.54) is 0 Å². The van der Waals surface area contributed by atoms with Gasteiger partial charge in [-0.2, -0.15) is 0 Å². The van der Waals surface area contributed by atoms with E-state index in [4.69, 9.17) is 0 Å². The van der Waals surface area contributed by atoms with Gasteiger partial charge in [-0.15, -0.1) is 0 Å². The first-order valence-electron chi connectivity index (χ1n) is 8.98. The largest absolute Gasteiger partial charge is 0.342 e. The molecular weight excluding hydrogens is 302 g/mol. The summed E-state index contributed by atoms with van der Waals surface area (Å²) in [5.41, 5.74) is 1.19. The predicted octanol–water partition coefficient (Wildman–Crippen LogP) is 1.60. The number of benzene rings is 1. The Morgan fingerprint density at radius 1 is 1.21 bits per heavy atom. The van der Waals surface area contributed by atoms with Crippen molar-refractivity contribution in [2.45, 2.75) is 44.2 Å². The maximum Gasteiger partial charge on any atom is 0.254 e. The Kier molecular flexibility index (Phi) is 3.64. The van der Waals surface area contributed by atoms with E-state index in [0.717, 1.165) is 31.5 Å². The maximum atomic E-state index is 13.4. The normalized spacial score (nSPS) is 25.1. The van der Waals surface area contributed by atoms with Crippen molar-refractivity contribution in [2.75, 3.05) is 26.2 Å². The average molecular weight is 327 g/mol. The van der Waals surface area contributed by atoms with Gasteiger partial charge in [0.1, 0.15) is 0 Å². The molecule has 1 spiro atoms. The lowest BCUT2D eigenvalue weighted by Gasteiger charge is -2.58. The number of hydrogen-bond donors (Lipinski definition) is 1. The fourth-order valence-corrected chi connectivity index (χ4v) is 4.69. The first-order valence-corrected chi connectivity index (χ1v) is 8.98. The number of amides is 2. The zero-order chi connectivity index (χ0) is 16.9. The molecule has 0 aliphatic carbocycles. The van der Waals surface area contributed by atoms with Crippen molar-refractivity contribution >= 4 is 11.8 Å². The minimum atomic E-state index is -0.417. The van der Waals surface area contributed by atoms with Gasteiger partial charge in [0, 0.05) is 37.8 Å². The second kappa shape index (κ2) is 5.59. The molecule has 0 bridgehead atoms. The summed E-state index contributed by atoms with van der Waals surface area (Å²) in [4.78, 5) is 30.5. The Morgan fingerprint density at radius 3 is 2.46 bits per heavy atom. The number of likely N-dealkylation sites (tertiary alicyclic amines) is 1. The number of nitrogens with zero attached hydrogens (tertiary/aromatic N) is 2. The molecule has 1 aromatic rings. The Morgan fingerprint density at radius 2 is 1.88 bits per heavy atom. The molecule has 3 aliphatic rings. The predicted molar refractivity (Wildman–Crippen MR) is 91.9 cm³/mol. The van der Waals surface area contributed by atoms with Gasteiger partial charge in [0.15, 0.2) is 0 Å². The second-order valence-electron chi connectivity index (χ2n) is 7.53. The van der Waals surface area contributed by atoms with Crippen molar-refractivity contribution in [3.63, 3.8) is 0 Å². The number of fused-ring (bicyclic) bond motifs is 1. The fraction of sp³-hybridized carbons (Fsp3) is 0.579. The molecule has 1 atom stereocenters. The van der Waals surface area contributed by atoms with Crippen LogP contribution in [-0.2, 0) is 4.79 Å². The van der Waals surface area contributed by atoms with Gasteiger partial charge in [-0.25, -0.2) is 0 Å². The summed E-state index contributed by atoms with van der Waals surface area (Å²) in [6.07, 6.45) is 2.16. The molecule has 1 aromatic carbocycles. The highest BCUT2D eigenvalue weighted by molar-refractivity contribution is 6.02. The molecule has 2 amide bonds. The van der Waals surface area contributed by atoms with E-state index in [0.29, 0.717) is 18.7 Å². The topological polar surface area (TPSA) is 52.7 Å². The number of rotatable bonds is 2. The number of hydrogen-bond acceptors (Lipinski definition) is 3. The number of carbonyl (C=O) groups is 2. The van der Waals surface area contributed by atoms with Gasteiger partial charge in [0.2, 0.25) is 5.91 Å². The Balaban J connectivity index is 1.86. The molecule has 4 rings (SSSR count). The molecule has 0 saturated carbocycles. The highest BCUT2D eigenvalue weighted by Crippen LogP contribution is 2.45. The summed E-state index contributed by atoms with van der Waals surface area (Å²) in [7, 11) is 0. The minimum absolute atomic E-state index is 0.0626. The standard InChI is InChI=1S/C19H25N3O2/c1-13(2)22-17(23)15-8-4-3-7-14(15)16(19(22)11-20-12-19)18(24)21-9-5-6-10-21/h3-4,7-8,13,16,20H,5-6,9-12H2,1-2H3. The second-order valence-corrected chi connectivity index (χ2v) is 7.53. The molecule has 128 valence electrons. The van der Waals surface area contributed by atoms with Crippen LogP contribution in [0.1, 0.15) is 48.5 Å². The van der Waals surface area contributed by atoms with Gasteiger partial charge in [0.25, 0.3) is 5.91 Å². The van der Waals surface area contributed by atoms with Crippen molar-refractivity contribution in [3.05, 3.63) is 35.4 Å². The van der Waals surface area contributed by atoms with Crippen LogP contribution in [0.4, 0.5) is 0 Å². The summed E-state index contributed by atoms with van der Waals surface area (Å²) < 4.78 is 0. The molecule has 5 heteroatoms. The molecule has 0 aromatic heterocycles. The Bertz CT molecular complexity index is 675. The third kappa shape index (κ3) is 2.04. The smallest absolute Gasteiger partial charge is 0.254 e. The monoisotopic (exact) mass is 327 g/mol. The van der Waals surface area contributed by atoms with Gasteiger partial charge >= 0.3 is 0 Å². The lowest BCUT2D eigenvalue weighted by atomic mass is 9.68. The van der Waals surface area contributed by atoms with Crippen molar-refractivity contribution in [3.8, 4) is 0 Å². The number of carbonyl (C=O) groups excluding carboxylic acids is 2. The molecule has 5 nitrogen and oxygen atoms in total. The van der Waals surface area contributed by atoms with Crippen molar-refractivity contribution in [2.24, 2.45) is 0 Å². The van der Waals surface area contributed by atoms with Gasteiger partial charge in [-0.05, 0) is 38.3 Å². The first-order chi connectivity index (χ1) is 11.6. The zero-order valence-electron chi connectivity index (χ0n) is 14.4. The van der Waals surface area contributed by atoms with E-state index in [2.05, 4.69) is 5.32 Å². The molecule has 1 N–H and O–H groups in total. The summed E-state index contributed by atoms with van der Waals surface area (Å²) in [5, 5.41) is 3.32. The summed E-state index contributed by atoms with van der Waals surface area (Å²) >= 11 is 0. The van der Waals surface area contributed by atoms with E-state index < -0.39 is 5.54 Å². The average Bonchev–Trinajstić information content (AvgIpc) is 3.06. The minimum Gasteiger partial charge on any atom is -0.342 e. The van der Waals surface area contributed by atoms with E-state index in [1.807, 2.05) is 47.9 Å². The van der Waals surface area contributed by atoms with Crippen LogP contribution in [-0.4, -0.2) is 59.4 Å². The SMILES string of the molecule is CC(C)N1C(=O)c2ccccc2C(C(=O)N2CCCC2)C12CNC2. The van der Waals surface area contributed by atoms with Gasteiger partial charge in [-0.3, -0.25) is 9.59 Å². The van der Waals surface area contributed by atoms with Crippen LogP contribution < -0.4 is 5.32 Å². The lowest BCUT2D eigenvalue weighted by Crippen LogP contribution is -2.77. The van der Waals surface area contributed by atoms with E-state index in [-0.39, 0.29) is 23.8 Å². The zero-order valence-corrected chi connectivity index (χ0v) is 14.4. The van der Waals surface area contributed by atoms with Crippen LogP contribution in [0.15, 0.2) is 24.3 Å². The maximum absolute atomic E-state index is 13.4. The molecule has 0 radical (unpaired) electrons. The molecule has 2 fully saturated rings. The third-order valence-electron chi connectivity index (χ3n) is 5.78. The highest BCUT2D eigenvalue weighted by atomic mass is 16.2. The fourth-order valence-electron chi connectivity index (χ4n) is 4.69.